The number of hydrogen-bond donors (Lipinski definition) is 0. The molecule has 0 aromatic carbocycles. The largest absolute Gasteiger partial charge is 0.462 e. The molecule has 0 aromatic heterocycles. The molecule has 9 atom stereocenters. The average molecular weight is 1080 g/mol. The smallest absolute Gasteiger partial charge is 0.321 e. The lowest BCUT2D eigenvalue weighted by atomic mass is 9.73. The van der Waals surface area contributed by atoms with E-state index in [1.165, 1.54) is 0 Å². The highest BCUT2D eigenvalue weighted by molar-refractivity contribution is 5.99. The van der Waals surface area contributed by atoms with Gasteiger partial charge in [0.15, 0.2) is 5.92 Å². The van der Waals surface area contributed by atoms with Crippen molar-refractivity contribution >= 4 is 23.9 Å². The first-order valence-corrected chi connectivity index (χ1v) is 29.4. The average Bonchev–Trinajstić information content (AvgIpc) is 3.26. The summed E-state index contributed by atoms with van der Waals surface area (Å²) in [4.78, 5) is 86.2. The lowest BCUT2D eigenvalue weighted by Gasteiger charge is -2.56. The normalized spacial score (nSPS) is 33.1. The van der Waals surface area contributed by atoms with Gasteiger partial charge in [0.05, 0.1) is 32.3 Å². The van der Waals surface area contributed by atoms with Crippen LogP contribution in [0.15, 0.2) is 0 Å². The van der Waals surface area contributed by atoms with Gasteiger partial charge in [-0.25, -0.2) is 0 Å². The molecule has 0 radical (unpaired) electrons. The van der Waals surface area contributed by atoms with Crippen molar-refractivity contribution in [2.24, 2.45) is 35.5 Å². The predicted octanol–water partition coefficient (Wildman–Crippen LogP) is 11.6. The van der Waals surface area contributed by atoms with Crippen LogP contribution in [-0.2, 0) is 57.5 Å². The third kappa shape index (κ3) is 14.2. The molecule has 16 nitrogen and oxygen atoms in total. The maximum Gasteiger partial charge on any atom is 0.321 e. The third-order valence-corrected chi connectivity index (χ3v) is 18.6. The minimum absolute atomic E-state index is 0.0841. The lowest BCUT2D eigenvalue weighted by Crippen LogP contribution is -2.65. The molecular formula is C60H110N4O12. The molecule has 0 saturated carbocycles. The van der Waals surface area contributed by atoms with Crippen molar-refractivity contribution in [2.45, 2.75) is 299 Å². The molecule has 0 amide bonds. The van der Waals surface area contributed by atoms with E-state index in [0.29, 0.717) is 77.8 Å². The van der Waals surface area contributed by atoms with E-state index in [1.54, 1.807) is 0 Å². The molecule has 4 saturated heterocycles. The minimum Gasteiger partial charge on any atom is -0.462 e. The summed E-state index contributed by atoms with van der Waals surface area (Å²) >= 11 is 0. The van der Waals surface area contributed by atoms with Gasteiger partial charge in [-0.2, -0.15) is 20.3 Å². The van der Waals surface area contributed by atoms with Crippen LogP contribution in [0.2, 0.25) is 0 Å². The molecule has 442 valence electrons. The number of ether oxygens (including phenoxy) is 4. The first-order chi connectivity index (χ1) is 34.9. The van der Waals surface area contributed by atoms with Crippen molar-refractivity contribution in [3.63, 3.8) is 0 Å². The SMILES string of the molecule is CCON1C(C)(C)CC(OC(=O)CCC(C(=O)OC2CC(C)(C)N(OCC)C(C)(C(C)C)C2)C(C(=O)OC2CC(C)(C)N(OCC)C(C)(C(C)C)C2)C(=O)OC2CC(C)(C)N(OCC)C(C)(C(C)C)C2)CC1(C)C(C)C. The van der Waals surface area contributed by atoms with Gasteiger partial charge in [-0.15, -0.1) is 0 Å². The number of carbonyl (C=O) groups excluding carboxylic acids is 4. The van der Waals surface area contributed by atoms with Crippen LogP contribution in [0, 0.1) is 35.5 Å². The fourth-order valence-corrected chi connectivity index (χ4v) is 13.9. The fourth-order valence-electron chi connectivity index (χ4n) is 13.9. The van der Waals surface area contributed by atoms with Crippen molar-refractivity contribution in [1.29, 1.82) is 0 Å². The van der Waals surface area contributed by atoms with Gasteiger partial charge in [-0.1, -0.05) is 55.4 Å². The number of piperidine rings is 4. The number of hydrogen-bond acceptors (Lipinski definition) is 16. The Balaban J connectivity index is 1.85. The number of rotatable bonds is 23. The molecule has 0 bridgehead atoms. The maximum atomic E-state index is 15.5. The second-order valence-electron chi connectivity index (χ2n) is 27.7. The van der Waals surface area contributed by atoms with E-state index in [4.69, 9.17) is 38.3 Å². The molecule has 0 aromatic rings. The summed E-state index contributed by atoms with van der Waals surface area (Å²) in [5.41, 5.74) is -4.33. The summed E-state index contributed by atoms with van der Waals surface area (Å²) in [5.74, 6) is -5.89. The Labute approximate surface area is 461 Å². The summed E-state index contributed by atoms with van der Waals surface area (Å²) in [6, 6.07) is 0. The molecule has 4 aliphatic rings. The van der Waals surface area contributed by atoms with E-state index in [1.807, 2.05) is 37.8 Å². The van der Waals surface area contributed by atoms with E-state index < -0.39 is 104 Å². The van der Waals surface area contributed by atoms with E-state index in [-0.39, 0.29) is 36.5 Å². The summed E-state index contributed by atoms with van der Waals surface area (Å²) in [7, 11) is 0. The van der Waals surface area contributed by atoms with Gasteiger partial charge in [0.2, 0.25) is 0 Å². The van der Waals surface area contributed by atoms with Gasteiger partial charge in [-0.05, 0) is 141 Å². The lowest BCUT2D eigenvalue weighted by molar-refractivity contribution is -0.306. The van der Waals surface area contributed by atoms with E-state index in [9.17, 15) is 4.79 Å². The van der Waals surface area contributed by atoms with Gasteiger partial charge < -0.3 is 18.9 Å². The standard InChI is InChI=1S/C60H110N4O12/c1-25-69-61-53(13,14)31-43(35-57(61,21)39(5)6)73-48(65)30-29-47(50(66)74-44-32-54(15,16)62(70-26-2)58(22,36-44)40(7)8)49(51(67)75-45-33-55(17,18)63(71-27-3)59(23,37-45)41(9)10)52(68)76-46-34-56(19,20)64(72-28-4)60(24,38-46)42(11)12/h39-47,49H,25-38H2,1-24H3. The fraction of sp³-hybridized carbons (Fsp3) is 0.933. The maximum absolute atomic E-state index is 15.5. The van der Waals surface area contributed by atoms with E-state index >= 15 is 14.4 Å². The molecule has 9 unspecified atom stereocenters. The predicted molar refractivity (Wildman–Crippen MR) is 296 cm³/mol. The zero-order valence-corrected chi connectivity index (χ0v) is 52.4. The Kier molecular flexibility index (Phi) is 21.9. The van der Waals surface area contributed by atoms with Gasteiger partial charge in [0.25, 0.3) is 0 Å². The molecule has 4 heterocycles. The monoisotopic (exact) mass is 1080 g/mol. The second-order valence-corrected chi connectivity index (χ2v) is 27.7. The van der Waals surface area contributed by atoms with Gasteiger partial charge >= 0.3 is 23.9 Å². The first kappa shape index (κ1) is 66.1. The van der Waals surface area contributed by atoms with Gasteiger partial charge in [0, 0.05) is 102 Å². The zero-order valence-electron chi connectivity index (χ0n) is 52.4. The Morgan fingerprint density at radius 2 is 0.618 bits per heavy atom. The number of carbonyl (C=O) groups is 4. The Bertz CT molecular complexity index is 1890. The number of hydroxylamine groups is 8. The molecule has 16 heteroatoms. The Hall–Kier alpha value is -2.44. The van der Waals surface area contributed by atoms with Crippen LogP contribution >= 0.6 is 0 Å². The zero-order chi connectivity index (χ0) is 57.9. The van der Waals surface area contributed by atoms with Crippen molar-refractivity contribution < 1.29 is 57.5 Å². The van der Waals surface area contributed by atoms with Crippen LogP contribution in [0.4, 0.5) is 0 Å². The van der Waals surface area contributed by atoms with Crippen LogP contribution in [-0.4, -0.2) is 139 Å². The third-order valence-electron chi connectivity index (χ3n) is 18.6. The highest BCUT2D eigenvalue weighted by Gasteiger charge is 2.57. The Morgan fingerprint density at radius 1 is 0.382 bits per heavy atom. The summed E-state index contributed by atoms with van der Waals surface area (Å²) in [5, 5.41) is 8.22. The molecule has 4 aliphatic heterocycles. The summed E-state index contributed by atoms with van der Waals surface area (Å²) < 4.78 is 26.2. The summed E-state index contributed by atoms with van der Waals surface area (Å²) in [6.45, 7) is 51.9. The molecule has 76 heavy (non-hydrogen) atoms. The Morgan fingerprint density at radius 3 is 0.855 bits per heavy atom. The van der Waals surface area contributed by atoms with E-state index in [0.717, 1.165) is 0 Å². The highest BCUT2D eigenvalue weighted by Crippen LogP contribution is 2.49. The van der Waals surface area contributed by atoms with Gasteiger partial charge in [0.1, 0.15) is 24.4 Å². The van der Waals surface area contributed by atoms with Crippen LogP contribution in [0.3, 0.4) is 0 Å². The van der Waals surface area contributed by atoms with Crippen LogP contribution in [0.1, 0.15) is 230 Å². The molecular weight excluding hydrogens is 969 g/mol. The number of nitrogens with zero attached hydrogens (tertiary/aromatic N) is 4. The molecule has 0 N–H and O–H groups in total. The summed E-state index contributed by atoms with van der Waals surface area (Å²) in [6.07, 6.45) is 0.626. The van der Waals surface area contributed by atoms with E-state index in [2.05, 4.69) is 149 Å². The minimum atomic E-state index is -1.78. The first-order valence-electron chi connectivity index (χ1n) is 29.4. The molecule has 0 aliphatic carbocycles. The van der Waals surface area contributed by atoms with Crippen LogP contribution in [0.5, 0.6) is 0 Å². The highest BCUT2D eigenvalue weighted by atomic mass is 16.7. The van der Waals surface area contributed by atoms with Crippen molar-refractivity contribution in [3.05, 3.63) is 0 Å². The molecule has 0 spiro atoms. The van der Waals surface area contributed by atoms with Crippen molar-refractivity contribution in [3.8, 4) is 0 Å². The number of esters is 4. The van der Waals surface area contributed by atoms with Crippen LogP contribution in [0.25, 0.3) is 0 Å². The van der Waals surface area contributed by atoms with Crippen molar-refractivity contribution in [2.75, 3.05) is 26.4 Å². The van der Waals surface area contributed by atoms with Crippen molar-refractivity contribution in [1.82, 2.24) is 20.3 Å². The van der Waals surface area contributed by atoms with Crippen LogP contribution < -0.4 is 0 Å². The second kappa shape index (κ2) is 25.1. The quantitative estimate of drug-likeness (QED) is 0.0541. The topological polar surface area (TPSA) is 155 Å². The molecule has 4 fully saturated rings. The van der Waals surface area contributed by atoms with Gasteiger partial charge in [-0.3, -0.25) is 38.5 Å². The molecule has 4 rings (SSSR count).